The Morgan fingerprint density at radius 1 is 1.27 bits per heavy atom. The number of hydrogen-bond donors (Lipinski definition) is 2. The Hall–Kier alpha value is -2.53. The highest BCUT2D eigenvalue weighted by atomic mass is 32.2. The number of thiophene rings is 1. The number of allylic oxidation sites excluding steroid dienone is 2. The third-order valence-corrected chi connectivity index (χ3v) is 8.76. The van der Waals surface area contributed by atoms with Crippen LogP contribution in [0, 0.1) is 11.3 Å². The number of aliphatic hydroxyl groups is 1. The van der Waals surface area contributed by atoms with Gasteiger partial charge in [0.15, 0.2) is 0 Å². The van der Waals surface area contributed by atoms with E-state index < -0.39 is 5.91 Å². The van der Waals surface area contributed by atoms with E-state index in [4.69, 9.17) is 5.73 Å². The Kier molecular flexibility index (Phi) is 8.06. The van der Waals surface area contributed by atoms with E-state index in [9.17, 15) is 15.2 Å². The Morgan fingerprint density at radius 3 is 2.48 bits per heavy atom. The maximum absolute atomic E-state index is 11.4. The summed E-state index contributed by atoms with van der Waals surface area (Å²) in [5.74, 6) is -0.476. The van der Waals surface area contributed by atoms with Crippen molar-refractivity contribution in [3.8, 4) is 6.07 Å². The number of rotatable bonds is 9. The molecule has 33 heavy (non-hydrogen) atoms. The molecule has 0 spiro atoms. The highest BCUT2D eigenvalue weighted by molar-refractivity contribution is 8.10. The zero-order chi connectivity index (χ0) is 24.2. The topological polar surface area (TPSA) is 90.3 Å². The SMILES string of the molecule is CCC1=C(c2sc(N(C)CCO)cc2CC)SC(C)(/C=C(\C#N)c2ccc(C(N)=O)cc2)C1. The van der Waals surface area contributed by atoms with Gasteiger partial charge >= 0.3 is 0 Å². The van der Waals surface area contributed by atoms with Gasteiger partial charge in [0, 0.05) is 33.7 Å². The number of hydrogen-bond acceptors (Lipinski definition) is 6. The first-order valence-corrected chi connectivity index (χ1v) is 12.8. The molecule has 7 heteroatoms. The van der Waals surface area contributed by atoms with E-state index in [0.29, 0.717) is 17.7 Å². The average Bonchev–Trinajstić information content (AvgIpc) is 3.38. The number of aliphatic hydroxyl groups excluding tert-OH is 1. The highest BCUT2D eigenvalue weighted by Gasteiger charge is 2.36. The number of carbonyl (C=O) groups excluding carboxylic acids is 1. The Labute approximate surface area is 204 Å². The van der Waals surface area contributed by atoms with Crippen LogP contribution < -0.4 is 10.6 Å². The van der Waals surface area contributed by atoms with Crippen molar-refractivity contribution in [2.75, 3.05) is 25.1 Å². The highest BCUT2D eigenvalue weighted by Crippen LogP contribution is 2.55. The summed E-state index contributed by atoms with van der Waals surface area (Å²) in [5, 5.41) is 20.4. The number of likely N-dealkylation sites (N-methyl/N-ethyl adjacent to an activating group) is 1. The van der Waals surface area contributed by atoms with Crippen LogP contribution in [0.3, 0.4) is 0 Å². The minimum absolute atomic E-state index is 0.128. The fourth-order valence-electron chi connectivity index (χ4n) is 4.04. The quantitative estimate of drug-likeness (QED) is 0.464. The molecule has 0 bridgehead atoms. The largest absolute Gasteiger partial charge is 0.395 e. The van der Waals surface area contributed by atoms with Crippen LogP contribution in [-0.4, -0.2) is 36.0 Å². The monoisotopic (exact) mass is 481 g/mol. The molecule has 2 heterocycles. The van der Waals surface area contributed by atoms with Crippen LogP contribution in [0.2, 0.25) is 0 Å². The molecule has 0 saturated carbocycles. The van der Waals surface area contributed by atoms with Gasteiger partial charge in [-0.3, -0.25) is 4.79 Å². The average molecular weight is 482 g/mol. The van der Waals surface area contributed by atoms with Gasteiger partial charge in [-0.05, 0) is 61.6 Å². The van der Waals surface area contributed by atoms with Crippen LogP contribution >= 0.6 is 23.1 Å². The first-order valence-electron chi connectivity index (χ1n) is 11.1. The predicted molar refractivity (Wildman–Crippen MR) is 140 cm³/mol. The zero-order valence-electron chi connectivity index (χ0n) is 19.6. The number of primary amides is 1. The summed E-state index contributed by atoms with van der Waals surface area (Å²) in [4.78, 5) is 16.1. The minimum Gasteiger partial charge on any atom is -0.395 e. The lowest BCUT2D eigenvalue weighted by Gasteiger charge is -2.20. The predicted octanol–water partition coefficient (Wildman–Crippen LogP) is 5.46. The molecular formula is C26H31N3O2S2. The molecule has 1 atom stereocenters. The lowest BCUT2D eigenvalue weighted by atomic mass is 9.94. The maximum atomic E-state index is 11.4. The second-order valence-corrected chi connectivity index (χ2v) is 11.0. The number of nitrogens with two attached hydrogens (primary N) is 1. The van der Waals surface area contributed by atoms with E-state index in [1.165, 1.54) is 20.9 Å². The van der Waals surface area contributed by atoms with Crippen LogP contribution in [-0.2, 0) is 6.42 Å². The number of thioether (sulfide) groups is 1. The first kappa shape index (κ1) is 25.1. The molecule has 3 rings (SSSR count). The molecule has 5 nitrogen and oxygen atoms in total. The summed E-state index contributed by atoms with van der Waals surface area (Å²) in [5.41, 5.74) is 9.90. The third-order valence-electron chi connectivity index (χ3n) is 5.89. The van der Waals surface area contributed by atoms with E-state index in [0.717, 1.165) is 29.8 Å². The number of anilines is 1. The summed E-state index contributed by atoms with van der Waals surface area (Å²) in [6.45, 7) is 7.29. The third kappa shape index (κ3) is 5.52. The Balaban J connectivity index is 1.94. The van der Waals surface area contributed by atoms with Gasteiger partial charge < -0.3 is 15.7 Å². The molecule has 1 aromatic carbocycles. The van der Waals surface area contributed by atoms with Gasteiger partial charge in [0.2, 0.25) is 5.91 Å². The summed E-state index contributed by atoms with van der Waals surface area (Å²) < 4.78 is -0.236. The van der Waals surface area contributed by atoms with Crippen molar-refractivity contribution in [2.24, 2.45) is 5.73 Å². The molecule has 1 aliphatic rings. The van der Waals surface area contributed by atoms with Crippen LogP contribution in [0.1, 0.15) is 60.0 Å². The molecule has 1 amide bonds. The van der Waals surface area contributed by atoms with E-state index in [-0.39, 0.29) is 11.4 Å². The molecule has 1 unspecified atom stereocenters. The Morgan fingerprint density at radius 2 is 1.94 bits per heavy atom. The normalized spacial score (nSPS) is 18.5. The van der Waals surface area contributed by atoms with Gasteiger partial charge in [-0.1, -0.05) is 31.6 Å². The summed E-state index contributed by atoms with van der Waals surface area (Å²) in [7, 11) is 2.01. The van der Waals surface area contributed by atoms with Crippen molar-refractivity contribution in [3.05, 3.63) is 63.5 Å². The van der Waals surface area contributed by atoms with E-state index in [2.05, 4.69) is 43.9 Å². The first-order chi connectivity index (χ1) is 15.7. The number of benzene rings is 1. The standard InChI is InChI=1S/C26H31N3O2S2/c1-5-17-13-22(29(4)11-12-30)32-23(17)24-18(6-2)14-26(3,33-24)15-21(16-27)19-7-9-20(10-8-19)25(28)31/h7-10,13,15,30H,5-6,11-12,14H2,1-4H3,(H2,28,31)/b21-15+. The molecule has 174 valence electrons. The Bertz CT molecular complexity index is 1130. The number of nitrogens with zero attached hydrogens (tertiary/aromatic N) is 2. The fourth-order valence-corrected chi connectivity index (χ4v) is 6.99. The second-order valence-electron chi connectivity index (χ2n) is 8.43. The number of carbonyl (C=O) groups is 1. The van der Waals surface area contributed by atoms with Gasteiger partial charge in [0.05, 0.1) is 23.3 Å². The molecule has 1 aromatic heterocycles. The molecule has 3 N–H and O–H groups in total. The number of aryl methyl sites for hydroxylation is 1. The molecule has 0 fully saturated rings. The maximum Gasteiger partial charge on any atom is 0.248 e. The van der Waals surface area contributed by atoms with Gasteiger partial charge in [0.25, 0.3) is 0 Å². The van der Waals surface area contributed by atoms with E-state index >= 15 is 0 Å². The van der Waals surface area contributed by atoms with Gasteiger partial charge in [-0.25, -0.2) is 0 Å². The van der Waals surface area contributed by atoms with Crippen molar-refractivity contribution in [2.45, 2.75) is 44.8 Å². The molecule has 2 aromatic rings. The number of amides is 1. The van der Waals surface area contributed by atoms with Crippen molar-refractivity contribution in [1.29, 1.82) is 5.26 Å². The van der Waals surface area contributed by atoms with Gasteiger partial charge in [-0.15, -0.1) is 23.1 Å². The number of nitriles is 1. The molecule has 0 radical (unpaired) electrons. The van der Waals surface area contributed by atoms with Gasteiger partial charge in [0.1, 0.15) is 0 Å². The lowest BCUT2D eigenvalue weighted by Crippen LogP contribution is -2.19. The summed E-state index contributed by atoms with van der Waals surface area (Å²) in [6, 6.07) is 11.5. The second kappa shape index (κ2) is 10.6. The molecule has 1 aliphatic heterocycles. The van der Waals surface area contributed by atoms with Crippen LogP contribution in [0.15, 0.2) is 42.0 Å². The van der Waals surface area contributed by atoms with Crippen molar-refractivity contribution < 1.29 is 9.90 Å². The summed E-state index contributed by atoms with van der Waals surface area (Å²) >= 11 is 3.61. The van der Waals surface area contributed by atoms with Crippen molar-refractivity contribution in [1.82, 2.24) is 0 Å². The minimum atomic E-state index is -0.476. The summed E-state index contributed by atoms with van der Waals surface area (Å²) in [6.07, 6.45) is 4.86. The zero-order valence-corrected chi connectivity index (χ0v) is 21.3. The van der Waals surface area contributed by atoms with Crippen LogP contribution in [0.5, 0.6) is 0 Å². The van der Waals surface area contributed by atoms with Crippen molar-refractivity contribution >= 4 is 44.5 Å². The fraction of sp³-hybridized carbons (Fsp3) is 0.385. The van der Waals surface area contributed by atoms with E-state index in [1.807, 2.05) is 18.8 Å². The van der Waals surface area contributed by atoms with Gasteiger partial charge in [-0.2, -0.15) is 5.26 Å². The molecule has 0 aliphatic carbocycles. The molecule has 0 saturated heterocycles. The smallest absolute Gasteiger partial charge is 0.248 e. The van der Waals surface area contributed by atoms with Crippen LogP contribution in [0.25, 0.3) is 10.5 Å². The van der Waals surface area contributed by atoms with Crippen LogP contribution in [0.4, 0.5) is 5.00 Å². The van der Waals surface area contributed by atoms with E-state index in [1.54, 1.807) is 35.6 Å². The lowest BCUT2D eigenvalue weighted by molar-refractivity contribution is 0.100. The van der Waals surface area contributed by atoms with Crippen molar-refractivity contribution in [3.63, 3.8) is 0 Å². The molecular weight excluding hydrogens is 450 g/mol.